The van der Waals surface area contributed by atoms with Crippen LogP contribution >= 0.6 is 11.3 Å². The summed E-state index contributed by atoms with van der Waals surface area (Å²) in [5, 5.41) is 39.2. The van der Waals surface area contributed by atoms with E-state index in [1.54, 1.807) is 20.0 Å². The second kappa shape index (κ2) is 9.16. The number of nitrogens with one attached hydrogen (secondary N) is 2. The first-order valence-electron chi connectivity index (χ1n) is 11.6. The van der Waals surface area contributed by atoms with Crippen LogP contribution in [0.2, 0.25) is 0 Å². The van der Waals surface area contributed by atoms with E-state index in [1.807, 2.05) is 55.5 Å². The number of rotatable bonds is 6. The maximum atomic E-state index is 10.8. The SMILES string of the molecule is Cc1cccc(Nc2ncc(-c3nc4ccccc4s3)c(N[C@@H]3C[C@H](C(C)(C)O)[C@@H](O)[C@H]3O)n2)c1. The minimum absolute atomic E-state index is 0.385. The van der Waals surface area contributed by atoms with Crippen molar-refractivity contribution < 1.29 is 15.3 Å². The molecule has 0 aliphatic heterocycles. The van der Waals surface area contributed by atoms with Gasteiger partial charge in [-0.2, -0.15) is 4.98 Å². The molecule has 4 aromatic rings. The smallest absolute Gasteiger partial charge is 0.229 e. The van der Waals surface area contributed by atoms with Gasteiger partial charge in [0.15, 0.2) is 0 Å². The Labute approximate surface area is 207 Å². The Balaban J connectivity index is 1.52. The topological polar surface area (TPSA) is 123 Å². The second-order valence-corrected chi connectivity index (χ2v) is 10.7. The van der Waals surface area contributed by atoms with E-state index in [1.165, 1.54) is 11.3 Å². The molecule has 0 bridgehead atoms. The van der Waals surface area contributed by atoms with Gasteiger partial charge in [-0.3, -0.25) is 0 Å². The van der Waals surface area contributed by atoms with Crippen molar-refractivity contribution in [1.29, 1.82) is 0 Å². The Bertz CT molecular complexity index is 1320. The zero-order valence-corrected chi connectivity index (χ0v) is 20.6. The fourth-order valence-electron chi connectivity index (χ4n) is 4.60. The Kier molecular flexibility index (Phi) is 6.18. The third kappa shape index (κ3) is 4.85. The van der Waals surface area contributed by atoms with E-state index in [-0.39, 0.29) is 0 Å². The average molecular weight is 492 g/mol. The molecule has 182 valence electrons. The van der Waals surface area contributed by atoms with Crippen molar-refractivity contribution in [3.05, 3.63) is 60.3 Å². The van der Waals surface area contributed by atoms with Gasteiger partial charge in [-0.1, -0.05) is 24.3 Å². The van der Waals surface area contributed by atoms with E-state index in [2.05, 4.69) is 15.6 Å². The summed E-state index contributed by atoms with van der Waals surface area (Å²) in [4.78, 5) is 14.0. The summed E-state index contributed by atoms with van der Waals surface area (Å²) in [6.45, 7) is 5.31. The molecule has 8 nitrogen and oxygen atoms in total. The number of thiazole rings is 1. The lowest BCUT2D eigenvalue weighted by atomic mass is 9.88. The number of anilines is 3. The van der Waals surface area contributed by atoms with Gasteiger partial charge in [0.25, 0.3) is 0 Å². The zero-order valence-electron chi connectivity index (χ0n) is 19.8. The number of para-hydroxylation sites is 1. The van der Waals surface area contributed by atoms with Crippen LogP contribution in [-0.2, 0) is 0 Å². The largest absolute Gasteiger partial charge is 0.390 e. The molecule has 2 aromatic carbocycles. The minimum atomic E-state index is -1.13. The number of aliphatic hydroxyl groups excluding tert-OH is 2. The lowest BCUT2D eigenvalue weighted by Gasteiger charge is -2.28. The highest BCUT2D eigenvalue weighted by molar-refractivity contribution is 7.21. The number of hydrogen-bond acceptors (Lipinski definition) is 9. The first kappa shape index (κ1) is 23.6. The number of aryl methyl sites for hydroxylation is 1. The summed E-state index contributed by atoms with van der Waals surface area (Å²) in [6, 6.07) is 15.3. The lowest BCUT2D eigenvalue weighted by molar-refractivity contribution is -0.0601. The molecule has 1 saturated carbocycles. The predicted octanol–water partition coefficient (Wildman–Crippen LogP) is 4.10. The quantitative estimate of drug-likeness (QED) is 0.273. The molecule has 2 aromatic heterocycles. The number of fused-ring (bicyclic) bond motifs is 1. The summed E-state index contributed by atoms with van der Waals surface area (Å²) < 4.78 is 1.05. The first-order valence-corrected chi connectivity index (χ1v) is 12.4. The van der Waals surface area contributed by atoms with E-state index < -0.39 is 29.8 Å². The Morgan fingerprint density at radius 1 is 1.03 bits per heavy atom. The van der Waals surface area contributed by atoms with Crippen molar-refractivity contribution in [2.24, 2.45) is 5.92 Å². The first-order chi connectivity index (χ1) is 16.7. The summed E-state index contributed by atoms with van der Waals surface area (Å²) >= 11 is 1.54. The fourth-order valence-corrected chi connectivity index (χ4v) is 5.58. The molecule has 5 rings (SSSR count). The number of benzene rings is 2. The van der Waals surface area contributed by atoms with Crippen molar-refractivity contribution in [1.82, 2.24) is 15.0 Å². The molecule has 9 heteroatoms. The molecule has 0 unspecified atom stereocenters. The van der Waals surface area contributed by atoms with Gasteiger partial charge in [0.1, 0.15) is 16.9 Å². The molecule has 0 spiro atoms. The molecule has 1 aliphatic carbocycles. The lowest BCUT2D eigenvalue weighted by Crippen LogP contribution is -2.40. The highest BCUT2D eigenvalue weighted by Gasteiger charge is 2.47. The van der Waals surface area contributed by atoms with E-state index in [4.69, 9.17) is 9.97 Å². The molecule has 0 saturated heterocycles. The highest BCUT2D eigenvalue weighted by Crippen LogP contribution is 2.39. The van der Waals surface area contributed by atoms with E-state index in [0.29, 0.717) is 23.8 Å². The molecule has 4 atom stereocenters. The van der Waals surface area contributed by atoms with E-state index in [9.17, 15) is 15.3 Å². The van der Waals surface area contributed by atoms with E-state index in [0.717, 1.165) is 26.5 Å². The summed E-state index contributed by atoms with van der Waals surface area (Å²) in [6.07, 6.45) is -0.00507. The maximum Gasteiger partial charge on any atom is 0.229 e. The number of aromatic nitrogens is 3. The number of hydrogen-bond donors (Lipinski definition) is 5. The van der Waals surface area contributed by atoms with Gasteiger partial charge in [0, 0.05) is 17.8 Å². The predicted molar refractivity (Wildman–Crippen MR) is 139 cm³/mol. The third-order valence-corrected chi connectivity index (χ3v) is 7.57. The summed E-state index contributed by atoms with van der Waals surface area (Å²) in [5.41, 5.74) is 2.44. The molecule has 1 aliphatic rings. The van der Waals surface area contributed by atoms with Crippen LogP contribution in [0.4, 0.5) is 17.5 Å². The van der Waals surface area contributed by atoms with E-state index >= 15 is 0 Å². The van der Waals surface area contributed by atoms with Gasteiger partial charge in [-0.15, -0.1) is 11.3 Å². The van der Waals surface area contributed by atoms with Gasteiger partial charge in [0.2, 0.25) is 5.95 Å². The average Bonchev–Trinajstić information content (AvgIpc) is 3.36. The Morgan fingerprint density at radius 2 is 1.83 bits per heavy atom. The van der Waals surface area contributed by atoms with Crippen LogP contribution in [0.25, 0.3) is 20.8 Å². The fraction of sp³-hybridized carbons (Fsp3) is 0.346. The van der Waals surface area contributed by atoms with Crippen molar-refractivity contribution >= 4 is 39.0 Å². The molecular weight excluding hydrogens is 462 g/mol. The van der Waals surface area contributed by atoms with Gasteiger partial charge >= 0.3 is 0 Å². The van der Waals surface area contributed by atoms with Gasteiger partial charge in [-0.05, 0) is 57.0 Å². The molecule has 5 N–H and O–H groups in total. The zero-order chi connectivity index (χ0) is 24.7. The maximum absolute atomic E-state index is 10.8. The van der Waals surface area contributed by atoms with Crippen LogP contribution in [0.1, 0.15) is 25.8 Å². The Morgan fingerprint density at radius 3 is 2.54 bits per heavy atom. The normalized spacial score (nSPS) is 22.5. The summed E-state index contributed by atoms with van der Waals surface area (Å²) in [5.74, 6) is 0.421. The van der Waals surface area contributed by atoms with Crippen LogP contribution in [-0.4, -0.2) is 54.1 Å². The second-order valence-electron chi connectivity index (χ2n) is 9.66. The van der Waals surface area contributed by atoms with Gasteiger partial charge in [0.05, 0.1) is 33.5 Å². The molecule has 2 heterocycles. The minimum Gasteiger partial charge on any atom is -0.390 e. The molecule has 1 fully saturated rings. The Hall–Kier alpha value is -3.11. The third-order valence-electron chi connectivity index (χ3n) is 6.50. The number of nitrogens with zero attached hydrogens (tertiary/aromatic N) is 3. The van der Waals surface area contributed by atoms with Crippen LogP contribution in [0.5, 0.6) is 0 Å². The van der Waals surface area contributed by atoms with Gasteiger partial charge < -0.3 is 26.0 Å². The summed E-state index contributed by atoms with van der Waals surface area (Å²) in [7, 11) is 0. The molecular formula is C26H29N5O3S. The van der Waals surface area contributed by atoms with Crippen LogP contribution in [0.15, 0.2) is 54.7 Å². The van der Waals surface area contributed by atoms with Crippen molar-refractivity contribution in [2.75, 3.05) is 10.6 Å². The standard InChI is InChI=1S/C26H29N5O3S/c1-14-7-6-8-15(11-14)28-25-27-13-16(24-30-18-9-4-5-10-20(18)35-24)23(31-25)29-19-12-17(26(2,3)34)21(32)22(19)33/h4-11,13,17,19,21-22,32-34H,12H2,1-3H3,(H2,27,28,29,31)/t17-,19+,21+,22-/m0/s1. The van der Waals surface area contributed by atoms with Gasteiger partial charge in [-0.25, -0.2) is 9.97 Å². The van der Waals surface area contributed by atoms with Crippen molar-refractivity contribution in [3.8, 4) is 10.6 Å². The van der Waals surface area contributed by atoms with Crippen molar-refractivity contribution in [2.45, 2.75) is 51.0 Å². The monoisotopic (exact) mass is 491 g/mol. The van der Waals surface area contributed by atoms with Crippen molar-refractivity contribution in [3.63, 3.8) is 0 Å². The van der Waals surface area contributed by atoms with Crippen LogP contribution in [0, 0.1) is 12.8 Å². The van der Waals surface area contributed by atoms with Crippen LogP contribution in [0.3, 0.4) is 0 Å². The molecule has 0 amide bonds. The highest BCUT2D eigenvalue weighted by atomic mass is 32.1. The molecule has 0 radical (unpaired) electrons. The van der Waals surface area contributed by atoms with Crippen LogP contribution < -0.4 is 10.6 Å². The number of aliphatic hydroxyl groups is 3. The molecule has 35 heavy (non-hydrogen) atoms.